The van der Waals surface area contributed by atoms with Gasteiger partial charge < -0.3 is 5.32 Å². The summed E-state index contributed by atoms with van der Waals surface area (Å²) in [6.45, 7) is 4.03. The fourth-order valence-corrected chi connectivity index (χ4v) is 2.65. The smallest absolute Gasteiger partial charge is 0.251 e. The zero-order chi connectivity index (χ0) is 15.3. The zero-order valence-electron chi connectivity index (χ0n) is 12.4. The van der Waals surface area contributed by atoms with Crippen molar-refractivity contribution in [2.24, 2.45) is 0 Å². The summed E-state index contributed by atoms with van der Waals surface area (Å²) in [6, 6.07) is 6.13. The lowest BCUT2D eigenvalue weighted by Crippen LogP contribution is -2.33. The number of nitrogens with zero attached hydrogens (tertiary/aromatic N) is 1. The summed E-state index contributed by atoms with van der Waals surface area (Å²) >= 11 is 0. The highest BCUT2D eigenvalue weighted by molar-refractivity contribution is 7.89. The molecule has 0 aliphatic carbocycles. The molecule has 5 nitrogen and oxygen atoms in total. The number of hydrogen-bond acceptors (Lipinski definition) is 3. The minimum Gasteiger partial charge on any atom is -0.349 e. The molecular formula is C14H22N2O3S. The Hall–Kier alpha value is -1.40. The number of benzene rings is 1. The van der Waals surface area contributed by atoms with Gasteiger partial charge >= 0.3 is 0 Å². The standard InChI is InChI=1S/C14H22N2O3S/c1-5-12(6-2)15-14(17)11-7-9-13(10-8-11)20(18,19)16(3)4/h7-10,12H,5-6H2,1-4H3,(H,15,17). The van der Waals surface area contributed by atoms with Gasteiger partial charge in [0.25, 0.3) is 5.91 Å². The van der Waals surface area contributed by atoms with Gasteiger partial charge in [0.05, 0.1) is 4.90 Å². The Morgan fingerprint density at radius 3 is 2.05 bits per heavy atom. The lowest BCUT2D eigenvalue weighted by molar-refractivity contribution is 0.0934. The molecule has 1 aromatic rings. The monoisotopic (exact) mass is 298 g/mol. The average Bonchev–Trinajstić information content (AvgIpc) is 2.44. The predicted molar refractivity (Wildman–Crippen MR) is 79.2 cm³/mol. The van der Waals surface area contributed by atoms with Crippen molar-refractivity contribution < 1.29 is 13.2 Å². The number of carbonyl (C=O) groups excluding carboxylic acids is 1. The number of nitrogens with one attached hydrogen (secondary N) is 1. The molecule has 0 fully saturated rings. The van der Waals surface area contributed by atoms with Crippen molar-refractivity contribution in [3.8, 4) is 0 Å². The molecule has 112 valence electrons. The van der Waals surface area contributed by atoms with Gasteiger partial charge in [0.2, 0.25) is 10.0 Å². The van der Waals surface area contributed by atoms with Crippen LogP contribution in [-0.2, 0) is 10.0 Å². The fourth-order valence-electron chi connectivity index (χ4n) is 1.75. The summed E-state index contributed by atoms with van der Waals surface area (Å²) in [5, 5.41) is 2.91. The van der Waals surface area contributed by atoms with Crippen LogP contribution >= 0.6 is 0 Å². The Kier molecular flexibility index (Phi) is 5.71. The second kappa shape index (κ2) is 6.85. The molecule has 0 radical (unpaired) electrons. The van der Waals surface area contributed by atoms with Crippen molar-refractivity contribution in [3.05, 3.63) is 29.8 Å². The Morgan fingerprint density at radius 2 is 1.65 bits per heavy atom. The van der Waals surface area contributed by atoms with E-state index in [1.165, 1.54) is 38.4 Å². The van der Waals surface area contributed by atoms with Crippen molar-refractivity contribution >= 4 is 15.9 Å². The molecule has 1 N–H and O–H groups in total. The van der Waals surface area contributed by atoms with Crippen LogP contribution in [0.1, 0.15) is 37.0 Å². The zero-order valence-corrected chi connectivity index (χ0v) is 13.2. The first-order chi connectivity index (χ1) is 9.32. The second-order valence-electron chi connectivity index (χ2n) is 4.80. The quantitative estimate of drug-likeness (QED) is 0.871. The lowest BCUT2D eigenvalue weighted by Gasteiger charge is -2.15. The van der Waals surface area contributed by atoms with Crippen LogP contribution in [0.2, 0.25) is 0 Å². The normalized spacial score (nSPS) is 11.9. The van der Waals surface area contributed by atoms with Gasteiger partial charge in [-0.15, -0.1) is 0 Å². The van der Waals surface area contributed by atoms with Crippen LogP contribution in [0.4, 0.5) is 0 Å². The van der Waals surface area contributed by atoms with E-state index < -0.39 is 10.0 Å². The molecule has 0 aliphatic rings. The number of rotatable bonds is 6. The van der Waals surface area contributed by atoms with E-state index in [4.69, 9.17) is 0 Å². The van der Waals surface area contributed by atoms with E-state index in [-0.39, 0.29) is 16.8 Å². The molecule has 1 amide bonds. The maximum atomic E-state index is 12.0. The molecule has 20 heavy (non-hydrogen) atoms. The van der Waals surface area contributed by atoms with E-state index in [1.807, 2.05) is 13.8 Å². The van der Waals surface area contributed by atoms with Gasteiger partial charge in [-0.25, -0.2) is 12.7 Å². The van der Waals surface area contributed by atoms with Crippen molar-refractivity contribution in [3.63, 3.8) is 0 Å². The third-order valence-electron chi connectivity index (χ3n) is 3.22. The lowest BCUT2D eigenvalue weighted by atomic mass is 10.1. The molecule has 1 aromatic carbocycles. The molecule has 0 unspecified atom stereocenters. The SMILES string of the molecule is CCC(CC)NC(=O)c1ccc(S(=O)(=O)N(C)C)cc1. The fraction of sp³-hybridized carbons (Fsp3) is 0.500. The van der Waals surface area contributed by atoms with Gasteiger partial charge in [0, 0.05) is 25.7 Å². The molecular weight excluding hydrogens is 276 g/mol. The molecule has 0 bridgehead atoms. The number of carbonyl (C=O) groups is 1. The van der Waals surface area contributed by atoms with Crippen LogP contribution in [0.25, 0.3) is 0 Å². The number of amides is 1. The molecule has 6 heteroatoms. The van der Waals surface area contributed by atoms with E-state index in [9.17, 15) is 13.2 Å². The van der Waals surface area contributed by atoms with Crippen molar-refractivity contribution in [2.75, 3.05) is 14.1 Å². The van der Waals surface area contributed by atoms with Crippen LogP contribution in [-0.4, -0.2) is 38.8 Å². The van der Waals surface area contributed by atoms with E-state index in [1.54, 1.807) is 0 Å². The molecule has 0 aliphatic heterocycles. The van der Waals surface area contributed by atoms with Crippen LogP contribution < -0.4 is 5.32 Å². The van der Waals surface area contributed by atoms with Crippen molar-refractivity contribution in [1.29, 1.82) is 0 Å². The summed E-state index contributed by atoms with van der Waals surface area (Å²) in [4.78, 5) is 12.2. The topological polar surface area (TPSA) is 66.5 Å². The Morgan fingerprint density at radius 1 is 1.15 bits per heavy atom. The predicted octanol–water partition coefficient (Wildman–Crippen LogP) is 1.86. The minimum atomic E-state index is -3.45. The summed E-state index contributed by atoms with van der Waals surface area (Å²) in [5.74, 6) is -0.174. The van der Waals surface area contributed by atoms with Crippen molar-refractivity contribution in [2.45, 2.75) is 37.6 Å². The Labute approximate surface area is 121 Å². The first kappa shape index (κ1) is 16.7. The highest BCUT2D eigenvalue weighted by Crippen LogP contribution is 2.14. The van der Waals surface area contributed by atoms with Gasteiger partial charge in [0.15, 0.2) is 0 Å². The molecule has 0 atom stereocenters. The first-order valence-corrected chi connectivity index (χ1v) is 8.10. The third kappa shape index (κ3) is 3.80. The molecule has 0 spiro atoms. The Bertz CT molecular complexity index is 546. The number of sulfonamides is 1. The number of hydrogen-bond donors (Lipinski definition) is 1. The second-order valence-corrected chi connectivity index (χ2v) is 6.95. The first-order valence-electron chi connectivity index (χ1n) is 6.66. The van der Waals surface area contributed by atoms with Crippen LogP contribution in [0.15, 0.2) is 29.2 Å². The van der Waals surface area contributed by atoms with E-state index in [0.29, 0.717) is 5.56 Å². The van der Waals surface area contributed by atoms with Gasteiger partial charge in [-0.1, -0.05) is 13.8 Å². The molecule has 1 rings (SSSR count). The molecule has 0 heterocycles. The van der Waals surface area contributed by atoms with Crippen molar-refractivity contribution in [1.82, 2.24) is 9.62 Å². The van der Waals surface area contributed by atoms with E-state index in [0.717, 1.165) is 17.1 Å². The van der Waals surface area contributed by atoms with Crippen LogP contribution in [0.3, 0.4) is 0 Å². The summed E-state index contributed by atoms with van der Waals surface area (Å²) in [6.07, 6.45) is 1.74. The Balaban J connectivity index is 2.89. The van der Waals surface area contributed by atoms with Gasteiger partial charge in [-0.2, -0.15) is 0 Å². The summed E-state index contributed by atoms with van der Waals surface area (Å²) in [5.41, 5.74) is 0.467. The largest absolute Gasteiger partial charge is 0.349 e. The highest BCUT2D eigenvalue weighted by Gasteiger charge is 2.18. The summed E-state index contributed by atoms with van der Waals surface area (Å²) < 4.78 is 25.0. The van der Waals surface area contributed by atoms with E-state index in [2.05, 4.69) is 5.32 Å². The maximum absolute atomic E-state index is 12.0. The highest BCUT2D eigenvalue weighted by atomic mass is 32.2. The minimum absolute atomic E-state index is 0.146. The summed E-state index contributed by atoms with van der Waals surface area (Å²) in [7, 11) is -0.500. The average molecular weight is 298 g/mol. The van der Waals surface area contributed by atoms with E-state index >= 15 is 0 Å². The molecule has 0 saturated carbocycles. The molecule has 0 aromatic heterocycles. The third-order valence-corrected chi connectivity index (χ3v) is 5.05. The van der Waals surface area contributed by atoms with Gasteiger partial charge in [-0.3, -0.25) is 4.79 Å². The van der Waals surface area contributed by atoms with Crippen LogP contribution in [0, 0.1) is 0 Å². The van der Waals surface area contributed by atoms with Crippen LogP contribution in [0.5, 0.6) is 0 Å². The molecule has 0 saturated heterocycles. The maximum Gasteiger partial charge on any atom is 0.251 e. The van der Waals surface area contributed by atoms with Gasteiger partial charge in [-0.05, 0) is 37.1 Å². The van der Waals surface area contributed by atoms with Gasteiger partial charge in [0.1, 0.15) is 0 Å².